The van der Waals surface area contributed by atoms with Crippen LogP contribution in [0.15, 0.2) is 17.4 Å². The van der Waals surface area contributed by atoms with E-state index in [1.54, 1.807) is 0 Å². The fourth-order valence-electron chi connectivity index (χ4n) is 3.56. The molecule has 3 N–H and O–H groups in total. The number of imidazole rings is 1. The van der Waals surface area contributed by atoms with Gasteiger partial charge in [-0.05, 0) is 32.9 Å². The van der Waals surface area contributed by atoms with Gasteiger partial charge >= 0.3 is 6.18 Å². The highest BCUT2D eigenvalue weighted by Crippen LogP contribution is 2.40. The van der Waals surface area contributed by atoms with Crippen LogP contribution >= 0.6 is 0 Å². The molecule has 0 amide bonds. The molecule has 2 unspecified atom stereocenters. The Hall–Kier alpha value is -1.81. The first-order valence-electron chi connectivity index (χ1n) is 9.76. The van der Waals surface area contributed by atoms with Crippen molar-refractivity contribution in [3.05, 3.63) is 18.2 Å². The van der Waals surface area contributed by atoms with Gasteiger partial charge in [-0.15, -0.1) is 0 Å². The molecule has 0 aromatic carbocycles. The molecule has 0 radical (unpaired) electrons. The molecular weight excluding hydrogens is 373 g/mol. The molecule has 0 saturated carbocycles. The van der Waals surface area contributed by atoms with Crippen molar-refractivity contribution in [1.29, 1.82) is 0 Å². The number of rotatable bonds is 8. The van der Waals surface area contributed by atoms with E-state index in [0.717, 1.165) is 25.9 Å². The summed E-state index contributed by atoms with van der Waals surface area (Å²) >= 11 is 0. The van der Waals surface area contributed by atoms with Crippen molar-refractivity contribution in [3.63, 3.8) is 0 Å². The third-order valence-electron chi connectivity index (χ3n) is 5.15. The number of alkyl halides is 3. The van der Waals surface area contributed by atoms with Crippen molar-refractivity contribution in [2.75, 3.05) is 32.7 Å². The molecule has 1 aromatic rings. The average Bonchev–Trinajstić information content (AvgIpc) is 3.26. The van der Waals surface area contributed by atoms with Gasteiger partial charge in [0.25, 0.3) is 0 Å². The third-order valence-corrected chi connectivity index (χ3v) is 5.15. The molecule has 1 saturated heterocycles. The number of likely N-dealkylation sites (tertiary alicyclic amines) is 1. The molecular formula is C18H31F3N6O. The van der Waals surface area contributed by atoms with Crippen LogP contribution in [-0.2, 0) is 12.6 Å². The summed E-state index contributed by atoms with van der Waals surface area (Å²) in [4.78, 5) is 10.6. The molecule has 7 nitrogen and oxygen atoms in total. The first kappa shape index (κ1) is 22.5. The van der Waals surface area contributed by atoms with E-state index < -0.39 is 24.0 Å². The van der Waals surface area contributed by atoms with Crippen LogP contribution < -0.4 is 10.6 Å². The van der Waals surface area contributed by atoms with Gasteiger partial charge in [-0.3, -0.25) is 9.89 Å². The second-order valence-corrected chi connectivity index (χ2v) is 7.04. The van der Waals surface area contributed by atoms with Crippen LogP contribution in [0, 0.1) is 0 Å². The fraction of sp³-hybridized carbons (Fsp3) is 0.778. The Labute approximate surface area is 164 Å². The summed E-state index contributed by atoms with van der Waals surface area (Å²) in [5.41, 5.74) is -3.03. The quantitative estimate of drug-likeness (QED) is 0.453. The number of aliphatic imine (C=N–C) groups is 1. The predicted octanol–water partition coefficient (Wildman–Crippen LogP) is 1.60. The highest BCUT2D eigenvalue weighted by Gasteiger charge is 2.57. The second-order valence-electron chi connectivity index (χ2n) is 7.04. The van der Waals surface area contributed by atoms with Crippen LogP contribution in [-0.4, -0.2) is 70.5 Å². The van der Waals surface area contributed by atoms with Crippen LogP contribution in [0.4, 0.5) is 13.2 Å². The van der Waals surface area contributed by atoms with Crippen LogP contribution in [0.5, 0.6) is 0 Å². The van der Waals surface area contributed by atoms with Gasteiger partial charge in [-0.25, -0.2) is 4.98 Å². The van der Waals surface area contributed by atoms with E-state index in [1.165, 1.54) is 24.0 Å². The van der Waals surface area contributed by atoms with Gasteiger partial charge < -0.3 is 20.3 Å². The molecule has 1 aliphatic heterocycles. The number of aryl methyl sites for hydroxylation is 1. The summed E-state index contributed by atoms with van der Waals surface area (Å²) in [5.74, 6) is 0.0306. The summed E-state index contributed by atoms with van der Waals surface area (Å²) in [7, 11) is 1.43. The number of nitrogens with one attached hydrogen (secondary N) is 2. The van der Waals surface area contributed by atoms with E-state index in [-0.39, 0.29) is 6.54 Å². The smallest absolute Gasteiger partial charge is 0.374 e. The Morgan fingerprint density at radius 1 is 1.36 bits per heavy atom. The van der Waals surface area contributed by atoms with Gasteiger partial charge in [-0.1, -0.05) is 6.92 Å². The summed E-state index contributed by atoms with van der Waals surface area (Å²) in [5, 5.41) is 16.3. The number of halogens is 3. The van der Waals surface area contributed by atoms with Crippen molar-refractivity contribution in [2.24, 2.45) is 12.0 Å². The Kier molecular flexibility index (Phi) is 7.70. The summed E-state index contributed by atoms with van der Waals surface area (Å²) in [6, 6.07) is 0.361. The topological polar surface area (TPSA) is 77.7 Å². The summed E-state index contributed by atoms with van der Waals surface area (Å²) in [6.07, 6.45) is -0.576. The van der Waals surface area contributed by atoms with Crippen molar-refractivity contribution in [2.45, 2.75) is 50.9 Å². The number of nitrogens with zero attached hydrogens (tertiary/aromatic N) is 4. The molecule has 1 aliphatic rings. The number of likely N-dealkylation sites (N-methyl/N-ethyl adjacent to an activating group) is 1. The molecule has 2 rings (SSSR count). The highest BCUT2D eigenvalue weighted by molar-refractivity contribution is 5.79. The molecule has 28 heavy (non-hydrogen) atoms. The lowest BCUT2D eigenvalue weighted by Crippen LogP contribution is -2.48. The minimum Gasteiger partial charge on any atom is -0.374 e. The molecule has 2 atom stereocenters. The Bertz CT molecular complexity index is 648. The van der Waals surface area contributed by atoms with Gasteiger partial charge in [0.2, 0.25) is 5.60 Å². The van der Waals surface area contributed by atoms with Crippen LogP contribution in [0.3, 0.4) is 0 Å². The molecule has 0 spiro atoms. The third kappa shape index (κ3) is 5.16. The lowest BCUT2D eigenvalue weighted by atomic mass is 9.97. The van der Waals surface area contributed by atoms with Gasteiger partial charge in [-0.2, -0.15) is 13.2 Å². The summed E-state index contributed by atoms with van der Waals surface area (Å²) < 4.78 is 41.9. The molecule has 2 heterocycles. The Morgan fingerprint density at radius 3 is 2.68 bits per heavy atom. The largest absolute Gasteiger partial charge is 0.424 e. The van der Waals surface area contributed by atoms with Crippen molar-refractivity contribution in [1.82, 2.24) is 25.1 Å². The highest BCUT2D eigenvalue weighted by atomic mass is 19.4. The van der Waals surface area contributed by atoms with E-state index in [1.807, 2.05) is 6.92 Å². The normalized spacial score (nSPS) is 21.0. The molecule has 0 aliphatic carbocycles. The minimum atomic E-state index is -4.84. The molecule has 0 bridgehead atoms. The zero-order valence-electron chi connectivity index (χ0n) is 16.8. The van der Waals surface area contributed by atoms with E-state index in [9.17, 15) is 18.3 Å². The Balaban J connectivity index is 2.01. The van der Waals surface area contributed by atoms with Gasteiger partial charge in [0.05, 0.1) is 6.54 Å². The lowest BCUT2D eigenvalue weighted by molar-refractivity contribution is -0.272. The number of aromatic nitrogens is 2. The van der Waals surface area contributed by atoms with E-state index in [0.29, 0.717) is 25.1 Å². The number of hydrogen-bond acceptors (Lipinski definition) is 4. The monoisotopic (exact) mass is 404 g/mol. The van der Waals surface area contributed by atoms with Crippen LogP contribution in [0.25, 0.3) is 0 Å². The van der Waals surface area contributed by atoms with Gasteiger partial charge in [0, 0.05) is 45.0 Å². The standard InChI is InChI=1S/C18H31F3N6O/c1-4-22-16(25-13-14-7-6-11-27(14)5-2)24-9-8-17(28,18(19,20)21)15-23-10-12-26(15)3/h10,12,14,28H,4-9,11,13H2,1-3H3,(H2,22,24,25). The fourth-order valence-corrected chi connectivity index (χ4v) is 3.56. The molecule has 10 heteroatoms. The maximum absolute atomic E-state index is 13.6. The van der Waals surface area contributed by atoms with Crippen molar-refractivity contribution < 1.29 is 18.3 Å². The van der Waals surface area contributed by atoms with Crippen LogP contribution in [0.1, 0.15) is 38.9 Å². The van der Waals surface area contributed by atoms with Crippen molar-refractivity contribution in [3.8, 4) is 0 Å². The number of aliphatic hydroxyl groups is 1. The first-order valence-corrected chi connectivity index (χ1v) is 9.76. The van der Waals surface area contributed by atoms with Crippen molar-refractivity contribution >= 4 is 5.96 Å². The summed E-state index contributed by atoms with van der Waals surface area (Å²) in [6.45, 7) is 7.11. The molecule has 1 aromatic heterocycles. The maximum Gasteiger partial charge on any atom is 0.424 e. The molecule has 1 fully saturated rings. The SMILES string of the molecule is CCNC(=NCC1CCCN1CC)NCCC(O)(c1nccn1C)C(F)(F)F. The van der Waals surface area contributed by atoms with E-state index in [4.69, 9.17) is 0 Å². The zero-order chi connectivity index (χ0) is 20.8. The Morgan fingerprint density at radius 2 is 2.11 bits per heavy atom. The molecule has 160 valence electrons. The van der Waals surface area contributed by atoms with E-state index >= 15 is 0 Å². The zero-order valence-corrected chi connectivity index (χ0v) is 16.8. The number of hydrogen-bond donors (Lipinski definition) is 3. The predicted molar refractivity (Wildman–Crippen MR) is 102 cm³/mol. The average molecular weight is 404 g/mol. The first-order chi connectivity index (χ1) is 13.2. The van der Waals surface area contributed by atoms with Gasteiger partial charge in [0.1, 0.15) is 5.82 Å². The number of guanidine groups is 1. The van der Waals surface area contributed by atoms with Gasteiger partial charge in [0.15, 0.2) is 5.96 Å². The lowest BCUT2D eigenvalue weighted by Gasteiger charge is -2.30. The van der Waals surface area contributed by atoms with Crippen LogP contribution in [0.2, 0.25) is 0 Å². The second kappa shape index (κ2) is 9.60. The minimum absolute atomic E-state index is 0.100. The van der Waals surface area contributed by atoms with E-state index in [2.05, 4.69) is 32.4 Å². The maximum atomic E-state index is 13.6.